The predicted molar refractivity (Wildman–Crippen MR) is 107 cm³/mol. The van der Waals surface area contributed by atoms with E-state index in [4.69, 9.17) is 9.47 Å². The Bertz CT molecular complexity index is 775. The van der Waals surface area contributed by atoms with Crippen LogP contribution in [0, 0.1) is 0 Å². The van der Waals surface area contributed by atoms with Gasteiger partial charge in [-0.25, -0.2) is 0 Å². The number of aliphatic hydroxyl groups excluding tert-OH is 1. The van der Waals surface area contributed by atoms with E-state index in [0.717, 1.165) is 11.1 Å². The standard InChI is InChI=1S/C23H24O7/c24-19(11-17-7-3-1-4-8-17)13-22(27)29-15-21(26)16-30-23(28)14-20(25)12-18-9-5-2-6-10-18/h1-10,21,26H,11-16H2. The normalized spacial score (nSPS) is 10.5. The monoisotopic (exact) mass is 412 g/mol. The number of hydrogen-bond acceptors (Lipinski definition) is 7. The minimum Gasteiger partial charge on any atom is -0.462 e. The molecule has 0 atom stereocenters. The molecule has 2 rings (SSSR count). The molecule has 0 aromatic heterocycles. The predicted octanol–water partition coefficient (Wildman–Crippen LogP) is 1.84. The first-order valence-electron chi connectivity index (χ1n) is 9.53. The molecule has 0 aliphatic heterocycles. The molecule has 0 fully saturated rings. The largest absolute Gasteiger partial charge is 0.462 e. The summed E-state index contributed by atoms with van der Waals surface area (Å²) in [5, 5.41) is 9.76. The zero-order valence-electron chi connectivity index (χ0n) is 16.5. The van der Waals surface area contributed by atoms with E-state index in [2.05, 4.69) is 0 Å². The summed E-state index contributed by atoms with van der Waals surface area (Å²) in [5.41, 5.74) is 1.59. The van der Waals surface area contributed by atoms with Crippen molar-refractivity contribution in [2.75, 3.05) is 13.2 Å². The van der Waals surface area contributed by atoms with Gasteiger partial charge in [0.05, 0.1) is 0 Å². The van der Waals surface area contributed by atoms with Crippen LogP contribution in [-0.2, 0) is 41.5 Å². The van der Waals surface area contributed by atoms with Gasteiger partial charge in [0.2, 0.25) is 0 Å². The Balaban J connectivity index is 1.60. The molecule has 0 spiro atoms. The zero-order chi connectivity index (χ0) is 21.8. The average molecular weight is 412 g/mol. The lowest BCUT2D eigenvalue weighted by Crippen LogP contribution is -2.26. The molecule has 158 valence electrons. The Morgan fingerprint density at radius 2 is 1.03 bits per heavy atom. The van der Waals surface area contributed by atoms with E-state index in [1.165, 1.54) is 0 Å². The van der Waals surface area contributed by atoms with Gasteiger partial charge in [0, 0.05) is 12.8 Å². The van der Waals surface area contributed by atoms with Crippen LogP contribution >= 0.6 is 0 Å². The highest BCUT2D eigenvalue weighted by Gasteiger charge is 2.16. The lowest BCUT2D eigenvalue weighted by molar-refractivity contribution is -0.153. The van der Waals surface area contributed by atoms with Crippen molar-refractivity contribution in [3.63, 3.8) is 0 Å². The summed E-state index contributed by atoms with van der Waals surface area (Å²) in [6.45, 7) is -0.828. The fourth-order valence-corrected chi connectivity index (χ4v) is 2.62. The maximum atomic E-state index is 11.9. The molecule has 0 bridgehead atoms. The van der Waals surface area contributed by atoms with Crippen molar-refractivity contribution in [2.45, 2.75) is 31.8 Å². The van der Waals surface area contributed by atoms with Crippen molar-refractivity contribution >= 4 is 23.5 Å². The third kappa shape index (κ3) is 9.25. The Morgan fingerprint density at radius 1 is 0.667 bits per heavy atom. The van der Waals surface area contributed by atoms with Crippen LogP contribution in [0.2, 0.25) is 0 Å². The highest BCUT2D eigenvalue weighted by molar-refractivity contribution is 5.97. The minimum atomic E-state index is -1.24. The Morgan fingerprint density at radius 3 is 1.40 bits per heavy atom. The van der Waals surface area contributed by atoms with Crippen LogP contribution in [0.1, 0.15) is 24.0 Å². The molecule has 7 nitrogen and oxygen atoms in total. The van der Waals surface area contributed by atoms with Gasteiger partial charge in [-0.2, -0.15) is 0 Å². The van der Waals surface area contributed by atoms with Gasteiger partial charge in [-0.3, -0.25) is 19.2 Å². The molecule has 0 aliphatic rings. The summed E-state index contributed by atoms with van der Waals surface area (Å²) in [7, 11) is 0. The minimum absolute atomic E-state index is 0.118. The summed E-state index contributed by atoms with van der Waals surface area (Å²) >= 11 is 0. The quantitative estimate of drug-likeness (QED) is 0.419. The van der Waals surface area contributed by atoms with E-state index in [9.17, 15) is 24.3 Å². The topological polar surface area (TPSA) is 107 Å². The number of benzene rings is 2. The lowest BCUT2D eigenvalue weighted by Gasteiger charge is -2.12. The Kier molecular flexibility index (Phi) is 9.40. The van der Waals surface area contributed by atoms with Gasteiger partial charge in [-0.1, -0.05) is 60.7 Å². The summed E-state index contributed by atoms with van der Waals surface area (Å²) in [5.74, 6) is -2.13. The van der Waals surface area contributed by atoms with Crippen molar-refractivity contribution in [2.24, 2.45) is 0 Å². The lowest BCUT2D eigenvalue weighted by atomic mass is 10.1. The molecule has 1 N–H and O–H groups in total. The third-order valence-electron chi connectivity index (χ3n) is 4.04. The number of ketones is 2. The number of carbonyl (C=O) groups excluding carboxylic acids is 4. The molecule has 0 aliphatic carbocycles. The fraction of sp³-hybridized carbons (Fsp3) is 0.304. The second-order valence-electron chi connectivity index (χ2n) is 6.78. The fourth-order valence-electron chi connectivity index (χ4n) is 2.62. The van der Waals surface area contributed by atoms with Crippen LogP contribution in [0.3, 0.4) is 0 Å². The van der Waals surface area contributed by atoms with Gasteiger partial charge in [0.15, 0.2) is 0 Å². The molecule has 0 radical (unpaired) electrons. The van der Waals surface area contributed by atoms with Crippen molar-refractivity contribution < 1.29 is 33.8 Å². The Labute approximate surface area is 174 Å². The maximum Gasteiger partial charge on any atom is 0.313 e. The number of rotatable bonds is 12. The molecule has 0 heterocycles. The summed E-state index contributed by atoms with van der Waals surface area (Å²) in [4.78, 5) is 47.1. The second-order valence-corrected chi connectivity index (χ2v) is 6.78. The number of carbonyl (C=O) groups is 4. The van der Waals surface area contributed by atoms with Crippen molar-refractivity contribution in [3.8, 4) is 0 Å². The number of Topliss-reactive ketones (excluding diaryl/α,β-unsaturated/α-hetero) is 2. The SMILES string of the molecule is O=C(CC(=O)OCC(O)COC(=O)CC(=O)Cc1ccccc1)Cc1ccccc1. The van der Waals surface area contributed by atoms with Crippen LogP contribution in [0.25, 0.3) is 0 Å². The van der Waals surface area contributed by atoms with Gasteiger partial charge in [0.1, 0.15) is 43.7 Å². The van der Waals surface area contributed by atoms with Crippen LogP contribution < -0.4 is 0 Å². The first-order chi connectivity index (χ1) is 14.4. The van der Waals surface area contributed by atoms with Crippen LogP contribution in [0.15, 0.2) is 60.7 Å². The molecular weight excluding hydrogens is 388 g/mol. The number of esters is 2. The molecule has 2 aromatic rings. The van der Waals surface area contributed by atoms with Gasteiger partial charge < -0.3 is 14.6 Å². The molecular formula is C23H24O7. The van der Waals surface area contributed by atoms with E-state index in [0.29, 0.717) is 0 Å². The molecule has 0 saturated carbocycles. The van der Waals surface area contributed by atoms with Crippen LogP contribution in [-0.4, -0.2) is 47.9 Å². The van der Waals surface area contributed by atoms with E-state index >= 15 is 0 Å². The maximum absolute atomic E-state index is 11.9. The number of hydrogen-bond donors (Lipinski definition) is 1. The van der Waals surface area contributed by atoms with E-state index in [1.807, 2.05) is 12.1 Å². The highest BCUT2D eigenvalue weighted by Crippen LogP contribution is 2.04. The van der Waals surface area contributed by atoms with Crippen molar-refractivity contribution in [1.82, 2.24) is 0 Å². The molecule has 7 heteroatoms. The zero-order valence-corrected chi connectivity index (χ0v) is 16.5. The molecule has 0 saturated heterocycles. The smallest absolute Gasteiger partial charge is 0.313 e. The Hall–Kier alpha value is -3.32. The van der Waals surface area contributed by atoms with Gasteiger partial charge >= 0.3 is 11.9 Å². The van der Waals surface area contributed by atoms with E-state index in [1.54, 1.807) is 48.5 Å². The second kappa shape index (κ2) is 12.3. The molecule has 2 aromatic carbocycles. The van der Waals surface area contributed by atoms with Gasteiger partial charge in [-0.15, -0.1) is 0 Å². The summed E-state index contributed by atoms with van der Waals surface area (Å²) < 4.78 is 9.67. The summed E-state index contributed by atoms with van der Waals surface area (Å²) in [6, 6.07) is 18.0. The molecule has 0 amide bonds. The first-order valence-corrected chi connectivity index (χ1v) is 9.53. The van der Waals surface area contributed by atoms with Crippen molar-refractivity contribution in [3.05, 3.63) is 71.8 Å². The molecule has 30 heavy (non-hydrogen) atoms. The first kappa shape index (κ1) is 23.0. The highest BCUT2D eigenvalue weighted by atomic mass is 16.6. The number of ether oxygens (including phenoxy) is 2. The van der Waals surface area contributed by atoms with Crippen LogP contribution in [0.5, 0.6) is 0 Å². The van der Waals surface area contributed by atoms with Gasteiger partial charge in [-0.05, 0) is 11.1 Å². The molecule has 0 unspecified atom stereocenters. The average Bonchev–Trinajstić information content (AvgIpc) is 2.72. The van der Waals surface area contributed by atoms with E-state index in [-0.39, 0.29) is 24.4 Å². The van der Waals surface area contributed by atoms with Gasteiger partial charge in [0.25, 0.3) is 0 Å². The summed E-state index contributed by atoms with van der Waals surface area (Å²) in [6.07, 6.45) is -1.82. The van der Waals surface area contributed by atoms with Crippen LogP contribution in [0.4, 0.5) is 0 Å². The van der Waals surface area contributed by atoms with E-state index < -0.39 is 44.1 Å². The third-order valence-corrected chi connectivity index (χ3v) is 4.04. The van der Waals surface area contributed by atoms with Crippen molar-refractivity contribution in [1.29, 1.82) is 0 Å². The number of aliphatic hydroxyl groups is 1.